The van der Waals surface area contributed by atoms with Gasteiger partial charge < -0.3 is 5.11 Å². The first-order valence-electron chi connectivity index (χ1n) is 6.89. The number of fused-ring (bicyclic) bond motifs is 1. The molecular weight excluding hydrogens is 220 g/mol. The molecule has 4 aliphatic rings. The van der Waals surface area contributed by atoms with Gasteiger partial charge in [0.05, 0.1) is 6.10 Å². The Kier molecular flexibility index (Phi) is 2.47. The maximum Gasteiger partial charge on any atom is 0.0812 e. The summed E-state index contributed by atoms with van der Waals surface area (Å²) in [6.07, 6.45) is 15.0. The van der Waals surface area contributed by atoms with E-state index in [1.807, 2.05) is 12.2 Å². The maximum atomic E-state index is 10.5. The Balaban J connectivity index is 2.23. The molecule has 18 heavy (non-hydrogen) atoms. The summed E-state index contributed by atoms with van der Waals surface area (Å²) in [5.41, 5.74) is 1.33. The van der Waals surface area contributed by atoms with E-state index in [1.54, 1.807) is 0 Å². The molecule has 0 aromatic carbocycles. The average molecular weight is 242 g/mol. The largest absolute Gasteiger partial charge is 0.388 e. The highest BCUT2D eigenvalue weighted by molar-refractivity contribution is 5.39. The molecule has 0 radical (unpaired) electrons. The molecule has 0 aromatic heterocycles. The molecule has 5 atom stereocenters. The van der Waals surface area contributed by atoms with Gasteiger partial charge in [-0.05, 0) is 31.6 Å². The molecule has 0 heterocycles. The lowest BCUT2D eigenvalue weighted by Crippen LogP contribution is -2.45. The van der Waals surface area contributed by atoms with Crippen LogP contribution >= 0.6 is 0 Å². The van der Waals surface area contributed by atoms with Crippen molar-refractivity contribution in [1.82, 2.24) is 0 Å². The zero-order valence-electron chi connectivity index (χ0n) is 11.3. The average Bonchev–Trinajstić information content (AvgIpc) is 2.77. The van der Waals surface area contributed by atoms with E-state index in [2.05, 4.69) is 44.7 Å². The predicted octanol–water partition coefficient (Wildman–Crippen LogP) is 3.64. The van der Waals surface area contributed by atoms with Gasteiger partial charge in [-0.15, -0.1) is 6.58 Å². The highest BCUT2D eigenvalue weighted by atomic mass is 16.3. The lowest BCUT2D eigenvalue weighted by molar-refractivity contribution is 0.0304. The first-order valence-corrected chi connectivity index (χ1v) is 6.89. The minimum Gasteiger partial charge on any atom is -0.388 e. The van der Waals surface area contributed by atoms with Gasteiger partial charge in [0.15, 0.2) is 0 Å². The highest BCUT2D eigenvalue weighted by Crippen LogP contribution is 2.61. The van der Waals surface area contributed by atoms with Crippen LogP contribution in [0.1, 0.15) is 26.7 Å². The SMILES string of the molecule is C=CCC12C=CC(O)C(C)(C=C1C)C1CC=CC12. The molecule has 4 rings (SSSR count). The van der Waals surface area contributed by atoms with Crippen molar-refractivity contribution in [2.45, 2.75) is 32.8 Å². The van der Waals surface area contributed by atoms with Crippen molar-refractivity contribution in [2.75, 3.05) is 0 Å². The van der Waals surface area contributed by atoms with Gasteiger partial charge in [-0.2, -0.15) is 0 Å². The fourth-order valence-corrected chi connectivity index (χ4v) is 4.42. The second-order valence-corrected chi connectivity index (χ2v) is 6.33. The van der Waals surface area contributed by atoms with E-state index in [4.69, 9.17) is 0 Å². The lowest BCUT2D eigenvalue weighted by Gasteiger charge is -2.49. The van der Waals surface area contributed by atoms with Gasteiger partial charge in [-0.3, -0.25) is 0 Å². The van der Waals surface area contributed by atoms with Gasteiger partial charge in [0.1, 0.15) is 0 Å². The third-order valence-electron chi connectivity index (χ3n) is 5.52. The molecule has 2 bridgehead atoms. The Morgan fingerprint density at radius 3 is 3.00 bits per heavy atom. The minimum atomic E-state index is -0.367. The molecule has 0 fully saturated rings. The zero-order chi connectivity index (χ0) is 13.0. The van der Waals surface area contributed by atoms with Gasteiger partial charge >= 0.3 is 0 Å². The van der Waals surface area contributed by atoms with E-state index in [9.17, 15) is 5.11 Å². The predicted molar refractivity (Wildman–Crippen MR) is 75.0 cm³/mol. The standard InChI is InChI=1S/C17H22O/c1-4-9-17-10-8-15(18)16(3,11-12(17)2)13-6-5-7-14(13)17/h4-5,7-8,10-11,13-15,18H,1,6,9H2,2-3H3. The van der Waals surface area contributed by atoms with Gasteiger partial charge in [-0.25, -0.2) is 0 Å². The normalized spacial score (nSPS) is 48.8. The van der Waals surface area contributed by atoms with Crippen LogP contribution in [0, 0.1) is 22.7 Å². The van der Waals surface area contributed by atoms with E-state index in [-0.39, 0.29) is 16.9 Å². The third kappa shape index (κ3) is 1.26. The van der Waals surface area contributed by atoms with Crippen LogP contribution in [0.15, 0.2) is 48.6 Å². The van der Waals surface area contributed by atoms with Crippen molar-refractivity contribution < 1.29 is 5.11 Å². The van der Waals surface area contributed by atoms with Crippen molar-refractivity contribution in [1.29, 1.82) is 0 Å². The minimum absolute atomic E-state index is 0.0520. The summed E-state index contributed by atoms with van der Waals surface area (Å²) in [5, 5.41) is 10.5. The van der Waals surface area contributed by atoms with Crippen LogP contribution in [0.3, 0.4) is 0 Å². The Morgan fingerprint density at radius 2 is 2.28 bits per heavy atom. The monoisotopic (exact) mass is 242 g/mol. The van der Waals surface area contributed by atoms with Gasteiger partial charge in [0.25, 0.3) is 0 Å². The topological polar surface area (TPSA) is 20.2 Å². The van der Waals surface area contributed by atoms with Crippen LogP contribution in [-0.4, -0.2) is 11.2 Å². The van der Waals surface area contributed by atoms with E-state index in [0.717, 1.165) is 12.8 Å². The second-order valence-electron chi connectivity index (χ2n) is 6.33. The first kappa shape index (κ1) is 12.0. The summed E-state index contributed by atoms with van der Waals surface area (Å²) < 4.78 is 0. The van der Waals surface area contributed by atoms with Crippen molar-refractivity contribution in [2.24, 2.45) is 22.7 Å². The third-order valence-corrected chi connectivity index (χ3v) is 5.52. The molecule has 1 nitrogen and oxygen atoms in total. The molecule has 1 heteroatoms. The van der Waals surface area contributed by atoms with Crippen LogP contribution in [0.2, 0.25) is 0 Å². The molecule has 4 aliphatic carbocycles. The number of allylic oxidation sites excluding steroid dienone is 5. The summed E-state index contributed by atoms with van der Waals surface area (Å²) in [7, 11) is 0. The quantitative estimate of drug-likeness (QED) is 0.733. The molecule has 0 saturated carbocycles. The van der Waals surface area contributed by atoms with Crippen molar-refractivity contribution >= 4 is 0 Å². The van der Waals surface area contributed by atoms with E-state index < -0.39 is 0 Å². The van der Waals surface area contributed by atoms with Crippen molar-refractivity contribution in [3.8, 4) is 0 Å². The van der Waals surface area contributed by atoms with Crippen LogP contribution in [0.4, 0.5) is 0 Å². The molecule has 0 aromatic rings. The summed E-state index contributed by atoms with van der Waals surface area (Å²) >= 11 is 0. The van der Waals surface area contributed by atoms with Crippen LogP contribution in [0.5, 0.6) is 0 Å². The van der Waals surface area contributed by atoms with Crippen LogP contribution in [-0.2, 0) is 0 Å². The van der Waals surface area contributed by atoms with Gasteiger partial charge in [0, 0.05) is 10.8 Å². The second kappa shape index (κ2) is 3.71. The van der Waals surface area contributed by atoms with Crippen molar-refractivity contribution in [3.63, 3.8) is 0 Å². The van der Waals surface area contributed by atoms with Crippen LogP contribution < -0.4 is 0 Å². The fraction of sp³-hybridized carbons (Fsp3) is 0.529. The zero-order valence-corrected chi connectivity index (χ0v) is 11.3. The summed E-state index contributed by atoms with van der Waals surface area (Å²) in [6.45, 7) is 8.36. The molecule has 96 valence electrons. The number of rotatable bonds is 2. The molecular formula is C17H22O. The summed E-state index contributed by atoms with van der Waals surface area (Å²) in [6, 6.07) is 0. The van der Waals surface area contributed by atoms with Gasteiger partial charge in [0.2, 0.25) is 0 Å². The molecule has 1 N–H and O–H groups in total. The summed E-state index contributed by atoms with van der Waals surface area (Å²) in [4.78, 5) is 0. The number of aliphatic hydroxyl groups is 1. The maximum absolute atomic E-state index is 10.5. The molecule has 0 saturated heterocycles. The Hall–Kier alpha value is -1.08. The molecule has 0 aliphatic heterocycles. The number of hydrogen-bond acceptors (Lipinski definition) is 1. The molecule has 0 spiro atoms. The number of hydrogen-bond donors (Lipinski definition) is 1. The van der Waals surface area contributed by atoms with E-state index in [0.29, 0.717) is 11.8 Å². The Bertz CT molecular complexity index is 470. The lowest BCUT2D eigenvalue weighted by atomic mass is 9.54. The molecule has 5 unspecified atom stereocenters. The Labute approximate surface area is 110 Å². The highest BCUT2D eigenvalue weighted by Gasteiger charge is 2.55. The van der Waals surface area contributed by atoms with Crippen LogP contribution in [0.25, 0.3) is 0 Å². The number of aliphatic hydroxyl groups excluding tert-OH is 1. The summed E-state index contributed by atoms with van der Waals surface area (Å²) in [5.74, 6) is 1.03. The smallest absolute Gasteiger partial charge is 0.0812 e. The Morgan fingerprint density at radius 1 is 1.50 bits per heavy atom. The van der Waals surface area contributed by atoms with E-state index in [1.165, 1.54) is 5.57 Å². The first-order chi connectivity index (χ1) is 8.54. The van der Waals surface area contributed by atoms with Gasteiger partial charge in [-0.1, -0.05) is 49.0 Å². The molecule has 0 amide bonds. The fourth-order valence-electron chi connectivity index (χ4n) is 4.42. The van der Waals surface area contributed by atoms with E-state index >= 15 is 0 Å². The van der Waals surface area contributed by atoms with Crippen molar-refractivity contribution in [3.05, 3.63) is 48.6 Å².